The van der Waals surface area contributed by atoms with Gasteiger partial charge in [0.05, 0.1) is 25.2 Å². The molecule has 61 heavy (non-hydrogen) atoms. The lowest BCUT2D eigenvalue weighted by molar-refractivity contribution is -0.151. The molecule has 0 aromatic heterocycles. The lowest BCUT2D eigenvalue weighted by atomic mass is 10.0. The third-order valence-electron chi connectivity index (χ3n) is 11.9. The fourth-order valence-electron chi connectivity index (χ4n) is 7.95. The first-order chi connectivity index (χ1) is 30.0. The SMILES string of the molecule is CC/C=C/C/C=C/C/C=C/C/C=C/CCCCCC(=O)OC(CCCCCCCCCCCCCC)CC(=O)NC(CO)C(O)CCCCCCCCCCCCCCCC. The van der Waals surface area contributed by atoms with E-state index in [0.29, 0.717) is 19.3 Å². The van der Waals surface area contributed by atoms with Gasteiger partial charge < -0.3 is 20.3 Å². The molecule has 1 amide bonds. The van der Waals surface area contributed by atoms with Gasteiger partial charge in [0, 0.05) is 6.42 Å². The Morgan fingerprint density at radius 3 is 1.33 bits per heavy atom. The molecule has 0 aliphatic heterocycles. The van der Waals surface area contributed by atoms with E-state index in [9.17, 15) is 19.8 Å². The van der Waals surface area contributed by atoms with Gasteiger partial charge in [-0.1, -0.05) is 236 Å². The average molecular weight is 856 g/mol. The van der Waals surface area contributed by atoms with Crippen molar-refractivity contribution in [3.8, 4) is 0 Å². The summed E-state index contributed by atoms with van der Waals surface area (Å²) in [6.45, 7) is 6.37. The van der Waals surface area contributed by atoms with Gasteiger partial charge >= 0.3 is 5.97 Å². The van der Waals surface area contributed by atoms with Crippen LogP contribution in [0.1, 0.15) is 265 Å². The van der Waals surface area contributed by atoms with Crippen LogP contribution in [0, 0.1) is 0 Å². The lowest BCUT2D eigenvalue weighted by Gasteiger charge is -2.24. The van der Waals surface area contributed by atoms with Crippen molar-refractivity contribution in [2.24, 2.45) is 0 Å². The van der Waals surface area contributed by atoms with Crippen LogP contribution in [0.4, 0.5) is 0 Å². The van der Waals surface area contributed by atoms with Crippen molar-refractivity contribution < 1.29 is 24.5 Å². The van der Waals surface area contributed by atoms with Crippen molar-refractivity contribution in [2.75, 3.05) is 6.61 Å². The molecule has 0 rings (SSSR count). The van der Waals surface area contributed by atoms with E-state index in [1.54, 1.807) is 0 Å². The normalized spacial score (nSPS) is 13.6. The molecule has 3 unspecified atom stereocenters. The molecule has 0 aliphatic carbocycles. The van der Waals surface area contributed by atoms with Gasteiger partial charge in [-0.2, -0.15) is 0 Å². The summed E-state index contributed by atoms with van der Waals surface area (Å²) in [4.78, 5) is 26.1. The number of rotatable bonds is 47. The van der Waals surface area contributed by atoms with E-state index in [1.165, 1.54) is 135 Å². The van der Waals surface area contributed by atoms with Crippen LogP contribution in [0.15, 0.2) is 48.6 Å². The molecule has 0 aliphatic rings. The Labute approximate surface area is 378 Å². The molecule has 0 spiro atoms. The maximum Gasteiger partial charge on any atom is 0.306 e. The molecule has 0 aromatic carbocycles. The standard InChI is InChI=1S/C55H101NO5/c1-4-7-10-13-16-19-22-25-27-28-30-33-36-39-42-45-48-55(60)61-51(46-43-40-37-34-31-24-21-18-15-12-9-6-3)49-54(59)56-52(50-57)53(58)47-44-41-38-35-32-29-26-23-20-17-14-11-8-5-2/h7,10,16,19,25,27,30,33,51-53,57-58H,4-6,8-9,11-15,17-18,20-24,26,28-29,31-32,34-50H2,1-3H3,(H,56,59)/b10-7+,19-16+,27-25+,33-30+. The van der Waals surface area contributed by atoms with Crippen molar-refractivity contribution in [1.82, 2.24) is 5.32 Å². The van der Waals surface area contributed by atoms with Gasteiger partial charge in [0.25, 0.3) is 0 Å². The number of ether oxygens (including phenoxy) is 1. The number of aliphatic hydroxyl groups excluding tert-OH is 2. The summed E-state index contributed by atoms with van der Waals surface area (Å²) < 4.78 is 5.92. The van der Waals surface area contributed by atoms with Crippen LogP contribution in [0.5, 0.6) is 0 Å². The molecular weight excluding hydrogens is 755 g/mol. The number of hydrogen-bond acceptors (Lipinski definition) is 5. The van der Waals surface area contributed by atoms with Crippen LogP contribution in [0.2, 0.25) is 0 Å². The zero-order valence-corrected chi connectivity index (χ0v) is 40.5. The van der Waals surface area contributed by atoms with Gasteiger partial charge in [-0.05, 0) is 64.2 Å². The number of amides is 1. The number of nitrogens with one attached hydrogen (secondary N) is 1. The summed E-state index contributed by atoms with van der Waals surface area (Å²) in [7, 11) is 0. The predicted molar refractivity (Wildman–Crippen MR) is 264 cm³/mol. The second-order valence-electron chi connectivity index (χ2n) is 17.9. The van der Waals surface area contributed by atoms with Gasteiger partial charge in [-0.3, -0.25) is 9.59 Å². The molecule has 0 aromatic rings. The highest BCUT2D eigenvalue weighted by molar-refractivity contribution is 5.77. The van der Waals surface area contributed by atoms with Crippen molar-refractivity contribution >= 4 is 11.9 Å². The topological polar surface area (TPSA) is 95.9 Å². The molecule has 0 fully saturated rings. The van der Waals surface area contributed by atoms with E-state index in [0.717, 1.165) is 83.5 Å². The van der Waals surface area contributed by atoms with E-state index in [-0.39, 0.29) is 24.9 Å². The van der Waals surface area contributed by atoms with E-state index in [1.807, 2.05) is 0 Å². The molecule has 3 atom stereocenters. The summed E-state index contributed by atoms with van der Waals surface area (Å²) >= 11 is 0. The number of allylic oxidation sites excluding steroid dienone is 8. The number of carbonyl (C=O) groups is 2. The summed E-state index contributed by atoms with van der Waals surface area (Å²) in [6, 6.07) is -0.706. The summed E-state index contributed by atoms with van der Waals surface area (Å²) in [5.41, 5.74) is 0. The van der Waals surface area contributed by atoms with Crippen LogP contribution in [-0.4, -0.2) is 46.9 Å². The maximum atomic E-state index is 13.2. The Morgan fingerprint density at radius 2 is 0.885 bits per heavy atom. The predicted octanol–water partition coefficient (Wildman–Crippen LogP) is 15.8. The first-order valence-electron chi connectivity index (χ1n) is 26.4. The second kappa shape index (κ2) is 48.8. The molecule has 0 bridgehead atoms. The van der Waals surface area contributed by atoms with Crippen molar-refractivity contribution in [3.63, 3.8) is 0 Å². The highest BCUT2D eigenvalue weighted by Crippen LogP contribution is 2.18. The maximum absolute atomic E-state index is 13.2. The molecule has 6 heteroatoms. The number of esters is 1. The zero-order valence-electron chi connectivity index (χ0n) is 40.5. The van der Waals surface area contributed by atoms with Gasteiger partial charge in [-0.15, -0.1) is 0 Å². The van der Waals surface area contributed by atoms with E-state index in [4.69, 9.17) is 4.74 Å². The summed E-state index contributed by atoms with van der Waals surface area (Å²) in [5.74, 6) is -0.502. The highest BCUT2D eigenvalue weighted by atomic mass is 16.5. The fourth-order valence-corrected chi connectivity index (χ4v) is 7.95. The third-order valence-corrected chi connectivity index (χ3v) is 11.9. The Bertz CT molecular complexity index is 1050. The number of aliphatic hydroxyl groups is 2. The number of carbonyl (C=O) groups excluding carboxylic acids is 2. The van der Waals surface area contributed by atoms with Crippen LogP contribution in [0.25, 0.3) is 0 Å². The van der Waals surface area contributed by atoms with Gasteiger partial charge in [-0.25, -0.2) is 0 Å². The molecule has 0 saturated heterocycles. The monoisotopic (exact) mass is 856 g/mol. The molecule has 3 N–H and O–H groups in total. The number of hydrogen-bond donors (Lipinski definition) is 3. The molecule has 6 nitrogen and oxygen atoms in total. The molecular formula is C55H101NO5. The van der Waals surface area contributed by atoms with Crippen molar-refractivity contribution in [3.05, 3.63) is 48.6 Å². The van der Waals surface area contributed by atoms with Gasteiger partial charge in [0.2, 0.25) is 5.91 Å². The minimum Gasteiger partial charge on any atom is -0.462 e. The third kappa shape index (κ3) is 44.2. The Hall–Kier alpha value is -2.18. The van der Waals surface area contributed by atoms with Crippen LogP contribution in [-0.2, 0) is 14.3 Å². The van der Waals surface area contributed by atoms with E-state index >= 15 is 0 Å². The minimum absolute atomic E-state index is 0.0671. The van der Waals surface area contributed by atoms with Crippen LogP contribution in [0.3, 0.4) is 0 Å². The average Bonchev–Trinajstić information content (AvgIpc) is 3.25. The highest BCUT2D eigenvalue weighted by Gasteiger charge is 2.24. The molecule has 0 heterocycles. The first kappa shape index (κ1) is 58.8. The smallest absolute Gasteiger partial charge is 0.306 e. The summed E-state index contributed by atoms with van der Waals surface area (Å²) in [6.07, 6.45) is 58.8. The first-order valence-corrected chi connectivity index (χ1v) is 26.4. The fraction of sp³-hybridized carbons (Fsp3) is 0.818. The van der Waals surface area contributed by atoms with Gasteiger partial charge in [0.1, 0.15) is 6.10 Å². The number of unbranched alkanes of at least 4 members (excludes halogenated alkanes) is 27. The molecule has 0 radical (unpaired) electrons. The molecule has 0 saturated carbocycles. The van der Waals surface area contributed by atoms with Crippen LogP contribution < -0.4 is 5.32 Å². The van der Waals surface area contributed by atoms with Gasteiger partial charge in [0.15, 0.2) is 0 Å². The Morgan fingerprint density at radius 1 is 0.492 bits per heavy atom. The Balaban J connectivity index is 4.58. The largest absolute Gasteiger partial charge is 0.462 e. The van der Waals surface area contributed by atoms with Crippen molar-refractivity contribution in [1.29, 1.82) is 0 Å². The minimum atomic E-state index is -0.791. The molecule has 356 valence electrons. The quantitative estimate of drug-likeness (QED) is 0.0322. The second-order valence-corrected chi connectivity index (χ2v) is 17.9. The lowest BCUT2D eigenvalue weighted by Crippen LogP contribution is -2.46. The summed E-state index contributed by atoms with van der Waals surface area (Å²) in [5, 5.41) is 23.8. The van der Waals surface area contributed by atoms with Crippen molar-refractivity contribution in [2.45, 2.75) is 283 Å². The zero-order chi connectivity index (χ0) is 44.5. The van der Waals surface area contributed by atoms with E-state index < -0.39 is 18.2 Å². The van der Waals surface area contributed by atoms with Crippen LogP contribution >= 0.6 is 0 Å². The Kier molecular flexibility index (Phi) is 47.1. The van der Waals surface area contributed by atoms with E-state index in [2.05, 4.69) is 74.7 Å².